The fraction of sp³-hybridized carbons (Fsp3) is 0.611. The third kappa shape index (κ3) is 2.71. The maximum absolute atomic E-state index is 12.8. The Morgan fingerprint density at radius 1 is 1.19 bits per heavy atom. The molecule has 1 aromatic carbocycles. The van der Waals surface area contributed by atoms with Crippen molar-refractivity contribution in [2.24, 2.45) is 5.92 Å². The molecule has 2 aliphatic rings. The molecule has 0 bridgehead atoms. The molecule has 21 heavy (non-hydrogen) atoms. The van der Waals surface area contributed by atoms with Gasteiger partial charge in [-0.1, -0.05) is 44.2 Å². The minimum Gasteiger partial charge on any atom is -0.319 e. The number of benzene rings is 1. The molecule has 1 saturated heterocycles. The monoisotopic (exact) mass is 286 g/mol. The third-order valence-corrected chi connectivity index (χ3v) is 4.84. The van der Waals surface area contributed by atoms with Gasteiger partial charge in [-0.25, -0.2) is 0 Å². The van der Waals surface area contributed by atoms with Crippen LogP contribution in [0.5, 0.6) is 0 Å². The highest BCUT2D eigenvalue weighted by molar-refractivity contribution is 5.92. The van der Waals surface area contributed by atoms with Crippen LogP contribution in [0.3, 0.4) is 0 Å². The normalized spacial score (nSPS) is 24.9. The van der Waals surface area contributed by atoms with Gasteiger partial charge in [-0.15, -0.1) is 0 Å². The summed E-state index contributed by atoms with van der Waals surface area (Å²) in [6, 6.07) is 10.7. The van der Waals surface area contributed by atoms with Crippen molar-refractivity contribution in [3.8, 4) is 0 Å². The zero-order valence-corrected chi connectivity index (χ0v) is 13.3. The molecule has 2 fully saturated rings. The van der Waals surface area contributed by atoms with Crippen molar-refractivity contribution in [2.75, 3.05) is 0 Å². The lowest BCUT2D eigenvalue weighted by atomic mass is 10.0. The van der Waals surface area contributed by atoms with E-state index >= 15 is 0 Å². The van der Waals surface area contributed by atoms with Gasteiger partial charge in [-0.3, -0.25) is 10.1 Å². The van der Waals surface area contributed by atoms with E-state index in [0.29, 0.717) is 11.8 Å². The lowest BCUT2D eigenvalue weighted by Crippen LogP contribution is -2.39. The first-order valence-corrected chi connectivity index (χ1v) is 8.19. The average molecular weight is 286 g/mol. The molecular weight excluding hydrogens is 260 g/mol. The summed E-state index contributed by atoms with van der Waals surface area (Å²) in [5.41, 5.74) is 0.957. The number of nitrogens with one attached hydrogen (secondary N) is 1. The van der Waals surface area contributed by atoms with Gasteiger partial charge in [0, 0.05) is 6.04 Å². The van der Waals surface area contributed by atoms with E-state index in [4.69, 9.17) is 0 Å². The van der Waals surface area contributed by atoms with E-state index in [1.54, 1.807) is 0 Å². The van der Waals surface area contributed by atoms with Crippen LogP contribution >= 0.6 is 0 Å². The summed E-state index contributed by atoms with van der Waals surface area (Å²) in [5, 5.41) is 3.60. The van der Waals surface area contributed by atoms with Crippen molar-refractivity contribution >= 4 is 5.91 Å². The Balaban J connectivity index is 1.82. The minimum absolute atomic E-state index is 0.0448. The topological polar surface area (TPSA) is 32.3 Å². The van der Waals surface area contributed by atoms with Crippen LogP contribution in [-0.4, -0.2) is 22.4 Å². The summed E-state index contributed by atoms with van der Waals surface area (Å²) in [6.45, 7) is 6.68. The van der Waals surface area contributed by atoms with Crippen LogP contribution in [0, 0.1) is 5.92 Å². The number of amides is 1. The smallest absolute Gasteiger partial charge is 0.244 e. The van der Waals surface area contributed by atoms with Crippen LogP contribution in [-0.2, 0) is 4.79 Å². The second kappa shape index (κ2) is 5.45. The molecule has 1 spiro atoms. The first-order chi connectivity index (χ1) is 10.0. The summed E-state index contributed by atoms with van der Waals surface area (Å²) in [6.07, 6.45) is 4.26. The highest BCUT2D eigenvalue weighted by Crippen LogP contribution is 2.47. The van der Waals surface area contributed by atoms with Crippen molar-refractivity contribution in [2.45, 2.75) is 64.2 Å². The van der Waals surface area contributed by atoms with Gasteiger partial charge in [0.05, 0.1) is 0 Å². The van der Waals surface area contributed by atoms with Gasteiger partial charge in [0.15, 0.2) is 0 Å². The Kier molecular flexibility index (Phi) is 3.78. The van der Waals surface area contributed by atoms with Crippen LogP contribution < -0.4 is 5.32 Å². The molecule has 2 unspecified atom stereocenters. The quantitative estimate of drug-likeness (QED) is 0.899. The van der Waals surface area contributed by atoms with Crippen molar-refractivity contribution < 1.29 is 4.79 Å². The minimum atomic E-state index is -0.243. The highest BCUT2D eigenvalue weighted by Gasteiger charge is 2.60. The lowest BCUT2D eigenvalue weighted by Gasteiger charge is -2.31. The molecule has 1 N–H and O–H groups in total. The standard InChI is InChI=1S/C18H26N2O/c1-13(2)9-10-14(3)20-16(15-7-5-4-6-8-15)19-18(11-12-18)17(20)21/h4-8,13-14,16,19H,9-12H2,1-3H3. The van der Waals surface area contributed by atoms with Gasteiger partial charge in [0.25, 0.3) is 0 Å². The Morgan fingerprint density at radius 2 is 1.86 bits per heavy atom. The first kappa shape index (κ1) is 14.6. The average Bonchev–Trinajstić information content (AvgIpc) is 3.19. The van der Waals surface area contributed by atoms with Gasteiger partial charge in [-0.05, 0) is 44.1 Å². The number of carbonyl (C=O) groups is 1. The molecule has 3 rings (SSSR count). The molecule has 3 nitrogen and oxygen atoms in total. The van der Waals surface area contributed by atoms with E-state index < -0.39 is 0 Å². The second-order valence-electron chi connectivity index (χ2n) is 7.07. The number of hydrogen-bond acceptors (Lipinski definition) is 2. The Hall–Kier alpha value is -1.35. The summed E-state index contributed by atoms with van der Waals surface area (Å²) in [5.74, 6) is 0.996. The van der Waals surface area contributed by atoms with Crippen molar-refractivity contribution in [3.63, 3.8) is 0 Å². The van der Waals surface area contributed by atoms with E-state index in [1.165, 1.54) is 12.0 Å². The van der Waals surface area contributed by atoms with Gasteiger partial charge in [0.1, 0.15) is 11.7 Å². The molecule has 0 radical (unpaired) electrons. The molecule has 1 aliphatic heterocycles. The van der Waals surface area contributed by atoms with Crippen LogP contribution in [0.4, 0.5) is 0 Å². The van der Waals surface area contributed by atoms with E-state index in [0.717, 1.165) is 19.3 Å². The van der Waals surface area contributed by atoms with Crippen LogP contribution in [0.25, 0.3) is 0 Å². The largest absolute Gasteiger partial charge is 0.319 e. The molecule has 2 atom stereocenters. The number of nitrogens with zero attached hydrogens (tertiary/aromatic N) is 1. The lowest BCUT2D eigenvalue weighted by molar-refractivity contribution is -0.133. The van der Waals surface area contributed by atoms with E-state index in [9.17, 15) is 4.79 Å². The summed E-state index contributed by atoms with van der Waals surface area (Å²) >= 11 is 0. The van der Waals surface area contributed by atoms with Crippen LogP contribution in [0.15, 0.2) is 30.3 Å². The van der Waals surface area contributed by atoms with Gasteiger partial charge in [-0.2, -0.15) is 0 Å². The molecule has 114 valence electrons. The summed E-state index contributed by atoms with van der Waals surface area (Å²) < 4.78 is 0. The number of rotatable bonds is 5. The maximum Gasteiger partial charge on any atom is 0.244 e. The molecule has 3 heteroatoms. The predicted molar refractivity (Wildman–Crippen MR) is 84.7 cm³/mol. The summed E-state index contributed by atoms with van der Waals surface area (Å²) in [7, 11) is 0. The van der Waals surface area contributed by atoms with Crippen molar-refractivity contribution in [3.05, 3.63) is 35.9 Å². The Bertz CT molecular complexity index is 507. The molecule has 1 amide bonds. The molecule has 0 aromatic heterocycles. The van der Waals surface area contributed by atoms with E-state index in [2.05, 4.69) is 55.3 Å². The molecule has 1 aromatic rings. The number of hydrogen-bond donors (Lipinski definition) is 1. The van der Waals surface area contributed by atoms with Crippen LogP contribution in [0.1, 0.15) is 58.2 Å². The maximum atomic E-state index is 12.8. The molecule has 1 saturated carbocycles. The van der Waals surface area contributed by atoms with E-state index in [-0.39, 0.29) is 17.7 Å². The number of carbonyl (C=O) groups excluding carboxylic acids is 1. The second-order valence-corrected chi connectivity index (χ2v) is 7.07. The molecule has 1 heterocycles. The Morgan fingerprint density at radius 3 is 2.43 bits per heavy atom. The zero-order valence-electron chi connectivity index (χ0n) is 13.3. The summed E-state index contributed by atoms with van der Waals surface area (Å²) in [4.78, 5) is 14.9. The third-order valence-electron chi connectivity index (χ3n) is 4.84. The zero-order chi connectivity index (χ0) is 15.0. The molecular formula is C18H26N2O. The predicted octanol–water partition coefficient (Wildman–Crippen LogP) is 3.47. The fourth-order valence-electron chi connectivity index (χ4n) is 3.29. The highest BCUT2D eigenvalue weighted by atomic mass is 16.2. The van der Waals surface area contributed by atoms with Crippen molar-refractivity contribution in [1.29, 1.82) is 0 Å². The SMILES string of the molecule is CC(C)CCC(C)N1C(=O)C2(CC2)NC1c1ccccc1. The van der Waals surface area contributed by atoms with E-state index in [1.807, 2.05) is 6.07 Å². The van der Waals surface area contributed by atoms with Gasteiger partial charge >= 0.3 is 0 Å². The Labute approximate surface area is 127 Å². The molecule has 1 aliphatic carbocycles. The van der Waals surface area contributed by atoms with Gasteiger partial charge in [0.2, 0.25) is 5.91 Å². The first-order valence-electron chi connectivity index (χ1n) is 8.19. The van der Waals surface area contributed by atoms with Crippen LogP contribution in [0.2, 0.25) is 0 Å². The van der Waals surface area contributed by atoms with Gasteiger partial charge < -0.3 is 4.90 Å². The van der Waals surface area contributed by atoms with Crippen molar-refractivity contribution in [1.82, 2.24) is 10.2 Å². The fourth-order valence-corrected chi connectivity index (χ4v) is 3.29.